The highest BCUT2D eigenvalue weighted by Crippen LogP contribution is 2.47. The van der Waals surface area contributed by atoms with Crippen molar-refractivity contribution in [3.05, 3.63) is 17.2 Å². The molecule has 0 amide bonds. The van der Waals surface area contributed by atoms with Crippen LogP contribution in [0.3, 0.4) is 0 Å². The summed E-state index contributed by atoms with van der Waals surface area (Å²) in [4.78, 5) is 0. The summed E-state index contributed by atoms with van der Waals surface area (Å²) in [6.45, 7) is 9.43. The van der Waals surface area contributed by atoms with E-state index in [1.54, 1.807) is 0 Å². The molecule has 1 saturated carbocycles. The number of halogens is 1. The van der Waals surface area contributed by atoms with Crippen LogP contribution in [0.25, 0.3) is 11.0 Å². The third-order valence-corrected chi connectivity index (χ3v) is 5.14. The van der Waals surface area contributed by atoms with Crippen LogP contribution in [0.2, 0.25) is 5.02 Å². The van der Waals surface area contributed by atoms with Gasteiger partial charge in [0.1, 0.15) is 11.0 Å². The van der Waals surface area contributed by atoms with Crippen molar-refractivity contribution in [1.29, 1.82) is 0 Å². The van der Waals surface area contributed by atoms with Gasteiger partial charge in [0.05, 0.1) is 22.4 Å². The average Bonchev–Trinajstić information content (AvgIpc) is 2.77. The molecule has 2 aromatic rings. The molecule has 1 aromatic carbocycles. The molecule has 1 N–H and O–H groups in total. The van der Waals surface area contributed by atoms with Crippen LogP contribution in [0.4, 0.5) is 5.69 Å². The molecule has 0 bridgehead atoms. The third kappa shape index (κ3) is 3.16. The van der Waals surface area contributed by atoms with Crippen LogP contribution in [0.15, 0.2) is 12.1 Å². The zero-order valence-corrected chi connectivity index (χ0v) is 14.6. The lowest BCUT2D eigenvalue weighted by Gasteiger charge is -2.45. The topological polar surface area (TPSA) is 37.8 Å². The molecule has 21 heavy (non-hydrogen) atoms. The maximum atomic E-state index is 6.40. The van der Waals surface area contributed by atoms with E-state index < -0.39 is 0 Å². The van der Waals surface area contributed by atoms with E-state index in [9.17, 15) is 0 Å². The van der Waals surface area contributed by atoms with Gasteiger partial charge in [-0.05, 0) is 42.2 Å². The fraction of sp³-hybridized carbons (Fsp3) is 0.625. The summed E-state index contributed by atoms with van der Waals surface area (Å²) in [5, 5.41) is 4.39. The maximum Gasteiger partial charge on any atom is 0.129 e. The van der Waals surface area contributed by atoms with Crippen molar-refractivity contribution >= 4 is 40.0 Å². The second-order valence-electron chi connectivity index (χ2n) is 7.81. The largest absolute Gasteiger partial charge is 0.379 e. The van der Waals surface area contributed by atoms with Gasteiger partial charge in [0.2, 0.25) is 0 Å². The molecule has 0 spiro atoms. The Morgan fingerprint density at radius 1 is 1.14 bits per heavy atom. The summed E-state index contributed by atoms with van der Waals surface area (Å²) in [5.41, 5.74) is 3.46. The van der Waals surface area contributed by atoms with E-state index in [0.717, 1.165) is 34.6 Å². The average molecular weight is 324 g/mol. The van der Waals surface area contributed by atoms with Gasteiger partial charge in [0.25, 0.3) is 0 Å². The monoisotopic (exact) mass is 323 g/mol. The highest BCUT2D eigenvalue weighted by atomic mass is 35.5. The molecule has 114 valence electrons. The van der Waals surface area contributed by atoms with Crippen molar-refractivity contribution in [3.63, 3.8) is 0 Å². The molecule has 0 aliphatic heterocycles. The van der Waals surface area contributed by atoms with Gasteiger partial charge in [-0.15, -0.1) is 0 Å². The van der Waals surface area contributed by atoms with Gasteiger partial charge in [0.15, 0.2) is 0 Å². The molecule has 0 atom stereocenters. The number of nitrogens with zero attached hydrogens (tertiary/aromatic N) is 2. The minimum atomic E-state index is 0.347. The molecular formula is C16H22ClN3S. The summed E-state index contributed by atoms with van der Waals surface area (Å²) < 4.78 is 8.70. The molecule has 1 heterocycles. The zero-order valence-electron chi connectivity index (χ0n) is 13.0. The molecule has 0 saturated heterocycles. The fourth-order valence-corrected chi connectivity index (χ4v) is 4.87. The van der Waals surface area contributed by atoms with E-state index in [0.29, 0.717) is 16.9 Å². The predicted molar refractivity (Wildman–Crippen MR) is 91.2 cm³/mol. The minimum Gasteiger partial charge on any atom is -0.379 e. The quantitative estimate of drug-likeness (QED) is 0.808. The van der Waals surface area contributed by atoms with Crippen LogP contribution in [0.1, 0.15) is 47.0 Å². The first-order chi connectivity index (χ1) is 9.76. The molecule has 0 radical (unpaired) electrons. The Morgan fingerprint density at radius 2 is 1.81 bits per heavy atom. The Bertz CT molecular complexity index is 647. The number of benzene rings is 1. The second-order valence-corrected chi connectivity index (χ2v) is 8.74. The number of hydrogen-bond donors (Lipinski definition) is 1. The number of aromatic nitrogens is 2. The van der Waals surface area contributed by atoms with Crippen LogP contribution < -0.4 is 5.32 Å². The first kappa shape index (κ1) is 15.0. The highest BCUT2D eigenvalue weighted by Gasteiger charge is 2.38. The Morgan fingerprint density at radius 3 is 2.48 bits per heavy atom. The molecule has 1 aromatic heterocycles. The Labute approximate surface area is 135 Å². The number of nitrogens with one attached hydrogen (secondary N) is 1. The van der Waals surface area contributed by atoms with Crippen LogP contribution in [0.5, 0.6) is 0 Å². The Balaban J connectivity index is 1.91. The fourth-order valence-electron chi connectivity index (χ4n) is 4.12. The summed E-state index contributed by atoms with van der Waals surface area (Å²) >= 11 is 7.63. The number of anilines is 1. The number of fused-ring (bicyclic) bond motifs is 1. The molecule has 0 unspecified atom stereocenters. The van der Waals surface area contributed by atoms with Gasteiger partial charge in [-0.3, -0.25) is 0 Å². The number of hydrogen-bond acceptors (Lipinski definition) is 4. The highest BCUT2D eigenvalue weighted by molar-refractivity contribution is 7.00. The van der Waals surface area contributed by atoms with Crippen LogP contribution in [-0.2, 0) is 0 Å². The predicted octanol–water partition coefficient (Wildman–Crippen LogP) is 5.36. The lowest BCUT2D eigenvalue weighted by Crippen LogP contribution is -2.40. The summed E-state index contributed by atoms with van der Waals surface area (Å²) in [5.74, 6) is 0. The van der Waals surface area contributed by atoms with E-state index >= 15 is 0 Å². The molecule has 1 fully saturated rings. The molecule has 3 rings (SSSR count). The van der Waals surface area contributed by atoms with Crippen LogP contribution in [-0.4, -0.2) is 14.8 Å². The van der Waals surface area contributed by atoms with Crippen molar-refractivity contribution in [1.82, 2.24) is 8.75 Å². The van der Waals surface area contributed by atoms with E-state index in [-0.39, 0.29) is 0 Å². The van der Waals surface area contributed by atoms with Crippen molar-refractivity contribution in [2.75, 3.05) is 5.32 Å². The second kappa shape index (κ2) is 5.10. The van der Waals surface area contributed by atoms with Crippen molar-refractivity contribution in [2.45, 2.75) is 53.0 Å². The zero-order chi connectivity index (χ0) is 15.3. The maximum absolute atomic E-state index is 6.40. The molecule has 3 nitrogen and oxygen atoms in total. The summed E-state index contributed by atoms with van der Waals surface area (Å²) in [6.07, 6.45) is 3.57. The lowest BCUT2D eigenvalue weighted by atomic mass is 9.63. The normalized spacial score (nSPS) is 21.6. The van der Waals surface area contributed by atoms with Crippen molar-refractivity contribution in [3.8, 4) is 0 Å². The van der Waals surface area contributed by atoms with Crippen LogP contribution >= 0.6 is 23.3 Å². The summed E-state index contributed by atoms with van der Waals surface area (Å²) in [6, 6.07) is 4.27. The van der Waals surface area contributed by atoms with Gasteiger partial charge in [0, 0.05) is 6.04 Å². The van der Waals surface area contributed by atoms with Crippen molar-refractivity contribution in [2.24, 2.45) is 10.8 Å². The van der Waals surface area contributed by atoms with Gasteiger partial charge in [-0.2, -0.15) is 8.75 Å². The van der Waals surface area contributed by atoms with E-state index in [4.69, 9.17) is 11.6 Å². The Kier molecular flexibility index (Phi) is 3.65. The first-order valence-electron chi connectivity index (χ1n) is 7.43. The SMILES string of the molecule is CC1(C)CC(Nc2c(Cl)ccc3nsnc23)CC(C)(C)C1. The standard InChI is InChI=1S/C16H22ClN3S/c1-15(2)7-10(8-16(3,4)9-15)18-13-11(17)5-6-12-14(13)20-21-19-12/h5-6,10,18H,7-9H2,1-4H3. The van der Waals surface area contributed by atoms with E-state index in [1.165, 1.54) is 18.1 Å². The molecule has 1 aliphatic rings. The molecule has 5 heteroatoms. The first-order valence-corrected chi connectivity index (χ1v) is 8.54. The molecular weight excluding hydrogens is 302 g/mol. The Hall–Kier alpha value is -0.870. The van der Waals surface area contributed by atoms with Gasteiger partial charge >= 0.3 is 0 Å². The smallest absolute Gasteiger partial charge is 0.129 e. The third-order valence-electron chi connectivity index (χ3n) is 4.28. The number of rotatable bonds is 2. The van der Waals surface area contributed by atoms with E-state index in [1.807, 2.05) is 12.1 Å². The van der Waals surface area contributed by atoms with Crippen molar-refractivity contribution < 1.29 is 0 Å². The van der Waals surface area contributed by atoms with E-state index in [2.05, 4.69) is 41.8 Å². The minimum absolute atomic E-state index is 0.347. The van der Waals surface area contributed by atoms with Crippen LogP contribution in [0, 0.1) is 10.8 Å². The summed E-state index contributed by atoms with van der Waals surface area (Å²) in [7, 11) is 0. The van der Waals surface area contributed by atoms with Gasteiger partial charge in [-0.1, -0.05) is 39.3 Å². The van der Waals surface area contributed by atoms with Gasteiger partial charge < -0.3 is 5.32 Å². The lowest BCUT2D eigenvalue weighted by molar-refractivity contribution is 0.105. The molecule has 1 aliphatic carbocycles. The van der Waals surface area contributed by atoms with Gasteiger partial charge in [-0.25, -0.2) is 0 Å².